The van der Waals surface area contributed by atoms with Crippen molar-refractivity contribution in [2.75, 3.05) is 6.54 Å². The number of amides is 1. The Morgan fingerprint density at radius 2 is 1.96 bits per heavy atom. The summed E-state index contributed by atoms with van der Waals surface area (Å²) in [5, 5.41) is 11.0. The lowest BCUT2D eigenvalue weighted by Gasteiger charge is -2.32. The van der Waals surface area contributed by atoms with E-state index in [0.29, 0.717) is 13.1 Å². The molecule has 2 N–H and O–H groups in total. The first-order valence-corrected chi connectivity index (χ1v) is 7.97. The standard InChI is InChI=1S/C16H22BN3O4/c1-15(2)16(3,4)24-17(23-15)11-5-6-13-12(9-11)19-10-20(13)8-7-18-14(21)22/h5-6,9-10,18H,7-8H2,1-4H3,(H,21,22). The van der Waals surface area contributed by atoms with Gasteiger partial charge < -0.3 is 24.3 Å². The van der Waals surface area contributed by atoms with E-state index in [4.69, 9.17) is 14.4 Å². The first-order chi connectivity index (χ1) is 11.2. The number of imidazole rings is 1. The van der Waals surface area contributed by atoms with E-state index < -0.39 is 13.2 Å². The Labute approximate surface area is 141 Å². The van der Waals surface area contributed by atoms with Gasteiger partial charge in [-0.25, -0.2) is 9.78 Å². The third-order valence-electron chi connectivity index (χ3n) is 4.80. The molecular weight excluding hydrogens is 309 g/mol. The van der Waals surface area contributed by atoms with E-state index in [9.17, 15) is 4.79 Å². The van der Waals surface area contributed by atoms with Crippen molar-refractivity contribution in [1.29, 1.82) is 0 Å². The summed E-state index contributed by atoms with van der Waals surface area (Å²) in [6, 6.07) is 5.88. The highest BCUT2D eigenvalue weighted by Gasteiger charge is 2.51. The fourth-order valence-electron chi connectivity index (χ4n) is 2.67. The van der Waals surface area contributed by atoms with Gasteiger partial charge in [-0.2, -0.15) is 0 Å². The molecule has 0 unspecified atom stereocenters. The highest BCUT2D eigenvalue weighted by molar-refractivity contribution is 6.62. The van der Waals surface area contributed by atoms with E-state index in [1.165, 1.54) is 0 Å². The third kappa shape index (κ3) is 2.99. The van der Waals surface area contributed by atoms with E-state index in [-0.39, 0.29) is 11.2 Å². The van der Waals surface area contributed by atoms with Crippen molar-refractivity contribution < 1.29 is 19.2 Å². The van der Waals surface area contributed by atoms with Crippen molar-refractivity contribution in [2.24, 2.45) is 0 Å². The molecule has 24 heavy (non-hydrogen) atoms. The molecule has 0 radical (unpaired) electrons. The summed E-state index contributed by atoms with van der Waals surface area (Å²) in [7, 11) is -0.418. The van der Waals surface area contributed by atoms with Crippen LogP contribution < -0.4 is 10.8 Å². The molecule has 0 bridgehead atoms. The Kier molecular flexibility index (Phi) is 4.05. The molecule has 128 valence electrons. The monoisotopic (exact) mass is 331 g/mol. The van der Waals surface area contributed by atoms with Gasteiger partial charge in [-0.3, -0.25) is 0 Å². The molecule has 2 aromatic rings. The number of hydrogen-bond donors (Lipinski definition) is 2. The Bertz CT molecular complexity index is 756. The predicted octanol–water partition coefficient (Wildman–Crippen LogP) is 1.60. The summed E-state index contributed by atoms with van der Waals surface area (Å²) in [6.07, 6.45) is 0.685. The van der Waals surface area contributed by atoms with Gasteiger partial charge in [0.25, 0.3) is 0 Å². The molecule has 1 aliphatic heterocycles. The first-order valence-electron chi connectivity index (χ1n) is 7.97. The molecule has 0 aliphatic carbocycles. The van der Waals surface area contributed by atoms with Crippen molar-refractivity contribution >= 4 is 29.7 Å². The summed E-state index contributed by atoms with van der Waals surface area (Å²) in [4.78, 5) is 14.9. The van der Waals surface area contributed by atoms with Crippen molar-refractivity contribution in [3.8, 4) is 0 Å². The van der Waals surface area contributed by atoms with Gasteiger partial charge in [0.1, 0.15) is 0 Å². The third-order valence-corrected chi connectivity index (χ3v) is 4.80. The normalized spacial score (nSPS) is 18.9. The number of aromatic nitrogens is 2. The Hall–Kier alpha value is -2.06. The van der Waals surface area contributed by atoms with Crippen LogP contribution in [0.1, 0.15) is 27.7 Å². The maximum absolute atomic E-state index is 10.5. The number of hydrogen-bond acceptors (Lipinski definition) is 4. The fraction of sp³-hybridized carbons (Fsp3) is 0.500. The highest BCUT2D eigenvalue weighted by atomic mass is 16.7. The lowest BCUT2D eigenvalue weighted by atomic mass is 9.79. The fourth-order valence-corrected chi connectivity index (χ4v) is 2.67. The average Bonchev–Trinajstić information content (AvgIpc) is 2.97. The Morgan fingerprint density at radius 1 is 1.29 bits per heavy atom. The minimum absolute atomic E-state index is 0.333. The molecule has 0 atom stereocenters. The van der Waals surface area contributed by atoms with Crippen LogP contribution >= 0.6 is 0 Å². The van der Waals surface area contributed by atoms with Crippen LogP contribution in [-0.2, 0) is 15.9 Å². The SMILES string of the molecule is CC1(C)OB(c2ccc3c(c2)ncn3CCNC(=O)O)OC1(C)C. The molecule has 2 heterocycles. The van der Waals surface area contributed by atoms with E-state index >= 15 is 0 Å². The van der Waals surface area contributed by atoms with Crippen molar-refractivity contribution in [2.45, 2.75) is 45.4 Å². The van der Waals surface area contributed by atoms with Gasteiger partial charge in [0.05, 0.1) is 28.6 Å². The number of nitrogens with zero attached hydrogens (tertiary/aromatic N) is 2. The minimum Gasteiger partial charge on any atom is -0.465 e. The first kappa shape index (κ1) is 16.8. The highest BCUT2D eigenvalue weighted by Crippen LogP contribution is 2.36. The molecule has 8 heteroatoms. The molecule has 1 aromatic heterocycles. The van der Waals surface area contributed by atoms with Crippen molar-refractivity contribution in [3.05, 3.63) is 24.5 Å². The van der Waals surface area contributed by atoms with Gasteiger partial charge in [-0.15, -0.1) is 0 Å². The van der Waals surface area contributed by atoms with Gasteiger partial charge in [-0.05, 0) is 45.3 Å². The number of rotatable bonds is 4. The molecule has 3 rings (SSSR count). The van der Waals surface area contributed by atoms with Gasteiger partial charge >= 0.3 is 13.2 Å². The van der Waals surface area contributed by atoms with Crippen LogP contribution in [0.4, 0.5) is 4.79 Å². The smallest absolute Gasteiger partial charge is 0.465 e. The van der Waals surface area contributed by atoms with E-state index in [1.807, 2.05) is 50.5 Å². The number of benzene rings is 1. The van der Waals surface area contributed by atoms with E-state index in [2.05, 4.69) is 10.3 Å². The largest absolute Gasteiger partial charge is 0.494 e. The zero-order chi connectivity index (χ0) is 17.5. The lowest BCUT2D eigenvalue weighted by Crippen LogP contribution is -2.41. The molecule has 1 aromatic carbocycles. The van der Waals surface area contributed by atoms with Crippen LogP contribution in [0.2, 0.25) is 0 Å². The van der Waals surface area contributed by atoms with Crippen LogP contribution in [0.25, 0.3) is 11.0 Å². The summed E-state index contributed by atoms with van der Waals surface area (Å²) in [6.45, 7) is 8.95. The van der Waals surface area contributed by atoms with E-state index in [1.54, 1.807) is 6.33 Å². The van der Waals surface area contributed by atoms with E-state index in [0.717, 1.165) is 16.5 Å². The summed E-state index contributed by atoms with van der Waals surface area (Å²) >= 11 is 0. The number of carbonyl (C=O) groups is 1. The number of carboxylic acid groups (broad SMARTS) is 1. The molecular formula is C16H22BN3O4. The maximum Gasteiger partial charge on any atom is 0.494 e. The van der Waals surface area contributed by atoms with Gasteiger partial charge in [0.2, 0.25) is 0 Å². The van der Waals surface area contributed by atoms with Gasteiger partial charge in [0.15, 0.2) is 0 Å². The van der Waals surface area contributed by atoms with Crippen molar-refractivity contribution in [1.82, 2.24) is 14.9 Å². The van der Waals surface area contributed by atoms with Crippen LogP contribution in [0.3, 0.4) is 0 Å². The Balaban J connectivity index is 1.80. The topological polar surface area (TPSA) is 85.6 Å². The number of fused-ring (bicyclic) bond motifs is 1. The molecule has 1 saturated heterocycles. The Morgan fingerprint density at radius 3 is 2.58 bits per heavy atom. The van der Waals surface area contributed by atoms with Gasteiger partial charge in [-0.1, -0.05) is 6.07 Å². The predicted molar refractivity (Wildman–Crippen MR) is 91.5 cm³/mol. The van der Waals surface area contributed by atoms with Gasteiger partial charge in [0, 0.05) is 13.1 Å². The zero-order valence-corrected chi connectivity index (χ0v) is 14.4. The van der Waals surface area contributed by atoms with Crippen LogP contribution in [0.5, 0.6) is 0 Å². The summed E-state index contributed by atoms with van der Waals surface area (Å²) in [5.41, 5.74) is 1.94. The number of nitrogens with one attached hydrogen (secondary N) is 1. The zero-order valence-electron chi connectivity index (χ0n) is 14.4. The molecule has 1 fully saturated rings. The summed E-state index contributed by atoms with van der Waals surface area (Å²) in [5.74, 6) is 0. The molecule has 7 nitrogen and oxygen atoms in total. The quantitative estimate of drug-likeness (QED) is 0.831. The molecule has 1 aliphatic rings. The second-order valence-electron chi connectivity index (χ2n) is 7.01. The van der Waals surface area contributed by atoms with Crippen LogP contribution in [0.15, 0.2) is 24.5 Å². The van der Waals surface area contributed by atoms with Crippen molar-refractivity contribution in [3.63, 3.8) is 0 Å². The second-order valence-corrected chi connectivity index (χ2v) is 7.01. The van der Waals surface area contributed by atoms with Crippen LogP contribution in [-0.4, -0.2) is 45.6 Å². The summed E-state index contributed by atoms with van der Waals surface area (Å²) < 4.78 is 14.0. The lowest BCUT2D eigenvalue weighted by molar-refractivity contribution is 0.00578. The molecule has 0 spiro atoms. The molecule has 1 amide bonds. The maximum atomic E-state index is 10.5. The molecule has 0 saturated carbocycles. The minimum atomic E-state index is -1.03. The van der Waals surface area contributed by atoms with Crippen LogP contribution in [0, 0.1) is 0 Å². The second kappa shape index (κ2) is 5.79. The average molecular weight is 331 g/mol.